The standard InChI is InChI=1S/C11H11BrN4O2/c1-17-10-3-8(7(5-13)6-15-16-14)9(12)4-11(10)18-2/h3-4,7H,6H2,1-2H3/t7-/m1/s1. The second-order valence-electron chi connectivity index (χ2n) is 3.32. The van der Waals surface area contributed by atoms with Gasteiger partial charge in [0, 0.05) is 15.9 Å². The molecule has 0 heterocycles. The van der Waals surface area contributed by atoms with Crippen LogP contribution >= 0.6 is 15.9 Å². The first-order valence-electron chi connectivity index (χ1n) is 4.99. The van der Waals surface area contributed by atoms with E-state index in [-0.39, 0.29) is 6.54 Å². The van der Waals surface area contributed by atoms with E-state index in [2.05, 4.69) is 32.0 Å². The number of rotatable bonds is 5. The van der Waals surface area contributed by atoms with Crippen molar-refractivity contribution in [3.63, 3.8) is 0 Å². The van der Waals surface area contributed by atoms with Crippen LogP contribution in [0.5, 0.6) is 11.5 Å². The minimum Gasteiger partial charge on any atom is -0.493 e. The molecule has 1 aromatic carbocycles. The van der Waals surface area contributed by atoms with Crippen molar-refractivity contribution in [2.75, 3.05) is 20.8 Å². The molecule has 0 N–H and O–H groups in total. The van der Waals surface area contributed by atoms with Gasteiger partial charge in [-0.15, -0.1) is 0 Å². The molecule has 0 saturated heterocycles. The highest BCUT2D eigenvalue weighted by molar-refractivity contribution is 9.10. The van der Waals surface area contributed by atoms with E-state index in [9.17, 15) is 0 Å². The maximum absolute atomic E-state index is 9.09. The lowest BCUT2D eigenvalue weighted by molar-refractivity contribution is 0.354. The van der Waals surface area contributed by atoms with Gasteiger partial charge < -0.3 is 9.47 Å². The van der Waals surface area contributed by atoms with Gasteiger partial charge in [-0.3, -0.25) is 0 Å². The molecule has 0 unspecified atom stereocenters. The van der Waals surface area contributed by atoms with Gasteiger partial charge in [0.25, 0.3) is 0 Å². The number of hydrogen-bond donors (Lipinski definition) is 0. The van der Waals surface area contributed by atoms with Gasteiger partial charge in [0.05, 0.1) is 26.2 Å². The monoisotopic (exact) mass is 310 g/mol. The van der Waals surface area contributed by atoms with Crippen LogP contribution < -0.4 is 9.47 Å². The molecule has 0 radical (unpaired) electrons. The molecule has 0 amide bonds. The minimum atomic E-state index is -0.532. The summed E-state index contributed by atoms with van der Waals surface area (Å²) in [5.41, 5.74) is 9.00. The van der Waals surface area contributed by atoms with Gasteiger partial charge in [-0.25, -0.2) is 0 Å². The lowest BCUT2D eigenvalue weighted by Crippen LogP contribution is -2.02. The average Bonchev–Trinajstić information content (AvgIpc) is 2.40. The quantitative estimate of drug-likeness (QED) is 0.474. The number of halogens is 1. The highest BCUT2D eigenvalue weighted by Crippen LogP contribution is 2.36. The zero-order valence-corrected chi connectivity index (χ0v) is 11.5. The highest BCUT2D eigenvalue weighted by atomic mass is 79.9. The second kappa shape index (κ2) is 6.74. The zero-order chi connectivity index (χ0) is 13.5. The SMILES string of the molecule is COc1cc(Br)c([C@H](C#N)CN=[N+]=[N-])cc1OC. The van der Waals surface area contributed by atoms with E-state index in [0.717, 1.165) is 0 Å². The van der Waals surface area contributed by atoms with E-state index in [0.29, 0.717) is 21.5 Å². The van der Waals surface area contributed by atoms with E-state index in [1.54, 1.807) is 12.1 Å². The van der Waals surface area contributed by atoms with Gasteiger partial charge in [0.1, 0.15) is 0 Å². The predicted octanol–water partition coefficient (Wildman–Crippen LogP) is 3.38. The lowest BCUT2D eigenvalue weighted by Gasteiger charge is -2.14. The van der Waals surface area contributed by atoms with Gasteiger partial charge >= 0.3 is 0 Å². The molecule has 0 aliphatic rings. The first-order chi connectivity index (χ1) is 8.67. The third-order valence-corrected chi connectivity index (χ3v) is 3.05. The van der Waals surface area contributed by atoms with Crippen LogP contribution in [-0.4, -0.2) is 20.8 Å². The summed E-state index contributed by atoms with van der Waals surface area (Å²) in [5.74, 6) is 0.556. The molecule has 0 aromatic heterocycles. The molecule has 0 aliphatic heterocycles. The van der Waals surface area contributed by atoms with Crippen LogP contribution in [-0.2, 0) is 0 Å². The van der Waals surface area contributed by atoms with Crippen LogP contribution in [0.25, 0.3) is 10.4 Å². The Morgan fingerprint density at radius 3 is 2.56 bits per heavy atom. The summed E-state index contributed by atoms with van der Waals surface area (Å²) in [6, 6.07) is 5.51. The molecule has 1 aromatic rings. The highest BCUT2D eigenvalue weighted by Gasteiger charge is 2.17. The normalized spacial score (nSPS) is 11.0. The van der Waals surface area contributed by atoms with Crippen molar-refractivity contribution in [3.8, 4) is 17.6 Å². The van der Waals surface area contributed by atoms with Crippen LogP contribution in [0.1, 0.15) is 11.5 Å². The Hall–Kier alpha value is -1.90. The first kappa shape index (κ1) is 14.2. The number of hydrogen-bond acceptors (Lipinski definition) is 4. The molecule has 0 aliphatic carbocycles. The number of benzene rings is 1. The van der Waals surface area contributed by atoms with Gasteiger partial charge in [-0.05, 0) is 23.2 Å². The number of ether oxygens (including phenoxy) is 2. The summed E-state index contributed by atoms with van der Waals surface area (Å²) in [4.78, 5) is 2.66. The topological polar surface area (TPSA) is 91.0 Å². The Balaban J connectivity index is 3.23. The third-order valence-electron chi connectivity index (χ3n) is 2.36. The van der Waals surface area contributed by atoms with Crippen molar-refractivity contribution in [1.82, 2.24) is 0 Å². The van der Waals surface area contributed by atoms with E-state index < -0.39 is 5.92 Å². The van der Waals surface area contributed by atoms with Crippen molar-refractivity contribution in [2.45, 2.75) is 5.92 Å². The molecular weight excluding hydrogens is 300 g/mol. The maximum Gasteiger partial charge on any atom is 0.161 e. The fourth-order valence-corrected chi connectivity index (χ4v) is 2.06. The number of nitrogens with zero attached hydrogens (tertiary/aromatic N) is 4. The summed E-state index contributed by atoms with van der Waals surface area (Å²) >= 11 is 3.36. The van der Waals surface area contributed by atoms with Crippen LogP contribution in [0.4, 0.5) is 0 Å². The molecule has 7 heteroatoms. The molecule has 1 rings (SSSR count). The molecule has 0 spiro atoms. The molecule has 0 saturated carbocycles. The fourth-order valence-electron chi connectivity index (χ4n) is 1.46. The van der Waals surface area contributed by atoms with Crippen LogP contribution in [0.3, 0.4) is 0 Å². The molecule has 0 bridgehead atoms. The summed E-state index contributed by atoms with van der Waals surface area (Å²) in [7, 11) is 3.05. The molecule has 1 atom stereocenters. The van der Waals surface area contributed by atoms with E-state index in [4.69, 9.17) is 20.3 Å². The molecule has 6 nitrogen and oxygen atoms in total. The minimum absolute atomic E-state index is 0.0705. The Morgan fingerprint density at radius 1 is 1.44 bits per heavy atom. The van der Waals surface area contributed by atoms with Crippen molar-refractivity contribution in [2.24, 2.45) is 5.11 Å². The maximum atomic E-state index is 9.09. The Morgan fingerprint density at radius 2 is 2.06 bits per heavy atom. The lowest BCUT2D eigenvalue weighted by atomic mass is 10.0. The predicted molar refractivity (Wildman–Crippen MR) is 69.6 cm³/mol. The number of azide groups is 1. The summed E-state index contributed by atoms with van der Waals surface area (Å²) in [6.45, 7) is 0.0705. The Bertz CT molecular complexity index is 521. The summed E-state index contributed by atoms with van der Waals surface area (Å²) < 4.78 is 11.0. The second-order valence-corrected chi connectivity index (χ2v) is 4.18. The van der Waals surface area contributed by atoms with Crippen LogP contribution in [0.15, 0.2) is 21.7 Å². The van der Waals surface area contributed by atoms with Gasteiger partial charge in [-0.1, -0.05) is 21.0 Å². The van der Waals surface area contributed by atoms with Crippen molar-refractivity contribution < 1.29 is 9.47 Å². The summed E-state index contributed by atoms with van der Waals surface area (Å²) in [6.07, 6.45) is 0. The summed E-state index contributed by atoms with van der Waals surface area (Å²) in [5, 5.41) is 12.5. The van der Waals surface area contributed by atoms with Crippen molar-refractivity contribution >= 4 is 15.9 Å². The average molecular weight is 311 g/mol. The molecule has 18 heavy (non-hydrogen) atoms. The third kappa shape index (κ3) is 3.06. The molecule has 94 valence electrons. The van der Waals surface area contributed by atoms with Gasteiger partial charge in [0.15, 0.2) is 11.5 Å². The smallest absolute Gasteiger partial charge is 0.161 e. The van der Waals surface area contributed by atoms with Crippen molar-refractivity contribution in [3.05, 3.63) is 32.6 Å². The van der Waals surface area contributed by atoms with Crippen molar-refractivity contribution in [1.29, 1.82) is 5.26 Å². The molecular formula is C11H11BrN4O2. The van der Waals surface area contributed by atoms with E-state index in [1.807, 2.05) is 0 Å². The van der Waals surface area contributed by atoms with E-state index >= 15 is 0 Å². The Labute approximate surface area is 113 Å². The van der Waals surface area contributed by atoms with Gasteiger partial charge in [-0.2, -0.15) is 5.26 Å². The van der Waals surface area contributed by atoms with Crippen LogP contribution in [0.2, 0.25) is 0 Å². The first-order valence-corrected chi connectivity index (χ1v) is 5.79. The Kier molecular flexibility index (Phi) is 5.31. The molecule has 0 fully saturated rings. The van der Waals surface area contributed by atoms with Gasteiger partial charge in [0.2, 0.25) is 0 Å². The van der Waals surface area contributed by atoms with Crippen LogP contribution in [0, 0.1) is 11.3 Å². The number of methoxy groups -OCH3 is 2. The largest absolute Gasteiger partial charge is 0.493 e. The zero-order valence-electron chi connectivity index (χ0n) is 9.92. The number of nitriles is 1. The van der Waals surface area contributed by atoms with E-state index in [1.165, 1.54) is 14.2 Å². The fraction of sp³-hybridized carbons (Fsp3) is 0.364.